The zero-order chi connectivity index (χ0) is 20.5. The van der Waals surface area contributed by atoms with Gasteiger partial charge in [-0.15, -0.1) is 35.5 Å². The molecule has 4 heteroatoms. The number of fused-ring (bicyclic) bond motifs is 1. The Hall–Kier alpha value is -3.18. The Bertz CT molecular complexity index is 1310. The van der Waals surface area contributed by atoms with E-state index in [1.54, 1.807) is 36.9 Å². The van der Waals surface area contributed by atoms with E-state index in [-0.39, 0.29) is 0 Å². The second-order valence-electron chi connectivity index (χ2n) is 6.50. The molecule has 0 bridgehead atoms. The van der Waals surface area contributed by atoms with Crippen LogP contribution in [0.3, 0.4) is 0 Å². The van der Waals surface area contributed by atoms with Crippen molar-refractivity contribution in [1.29, 1.82) is 0 Å². The highest BCUT2D eigenvalue weighted by atomic mass is 32.1. The molecule has 0 aliphatic carbocycles. The fourth-order valence-electron chi connectivity index (χ4n) is 3.52. The summed E-state index contributed by atoms with van der Waals surface area (Å²) in [5.74, 6) is 7.12. The van der Waals surface area contributed by atoms with Crippen LogP contribution in [0, 0.1) is 31.6 Å². The number of hydrogen-bond acceptors (Lipinski definition) is 4. The lowest BCUT2D eigenvalue weighted by Gasteiger charge is -2.14. The normalized spacial score (nSPS) is 10.5. The number of thiophene rings is 2. The smallest absolute Gasteiger partial charge is 0.127 e. The van der Waals surface area contributed by atoms with Crippen molar-refractivity contribution >= 4 is 33.4 Å². The van der Waals surface area contributed by atoms with Gasteiger partial charge in [-0.3, -0.25) is 0 Å². The van der Waals surface area contributed by atoms with Crippen LogP contribution in [0.5, 0.6) is 11.5 Å². The largest absolute Gasteiger partial charge is 0.496 e. The van der Waals surface area contributed by atoms with Crippen LogP contribution in [0.25, 0.3) is 33.0 Å². The Morgan fingerprint density at radius 2 is 1.34 bits per heavy atom. The molecule has 0 unspecified atom stereocenters. The average molecular weight is 415 g/mol. The van der Waals surface area contributed by atoms with Crippen molar-refractivity contribution in [1.82, 2.24) is 0 Å². The maximum atomic E-state index is 5.74. The monoisotopic (exact) mass is 414 g/mol. The van der Waals surface area contributed by atoms with Crippen LogP contribution >= 0.6 is 22.7 Å². The first kappa shape index (κ1) is 19.2. The highest BCUT2D eigenvalue weighted by molar-refractivity contribution is 7.13. The highest BCUT2D eigenvalue weighted by Crippen LogP contribution is 2.43. The zero-order valence-corrected chi connectivity index (χ0v) is 18.0. The molecule has 2 aromatic carbocycles. The summed E-state index contributed by atoms with van der Waals surface area (Å²) in [6.07, 6.45) is 11.4. The number of rotatable bonds is 4. The van der Waals surface area contributed by atoms with Crippen LogP contribution < -0.4 is 9.47 Å². The molecule has 0 radical (unpaired) electrons. The van der Waals surface area contributed by atoms with Crippen LogP contribution in [0.15, 0.2) is 41.8 Å². The van der Waals surface area contributed by atoms with Crippen LogP contribution in [0.2, 0.25) is 0 Å². The van der Waals surface area contributed by atoms with Gasteiger partial charge in [0.15, 0.2) is 0 Å². The Kier molecular flexibility index (Phi) is 5.07. The van der Waals surface area contributed by atoms with Gasteiger partial charge >= 0.3 is 0 Å². The van der Waals surface area contributed by atoms with Crippen LogP contribution in [-0.4, -0.2) is 14.2 Å². The van der Waals surface area contributed by atoms with E-state index in [0.717, 1.165) is 54.3 Å². The highest BCUT2D eigenvalue weighted by Gasteiger charge is 2.17. The molecule has 0 N–H and O–H groups in total. The molecule has 0 amide bonds. The molecule has 2 heterocycles. The molecule has 2 nitrogen and oxygen atoms in total. The molecule has 4 aromatic rings. The average Bonchev–Trinajstić information content (AvgIpc) is 3.37. The van der Waals surface area contributed by atoms with Gasteiger partial charge in [0.25, 0.3) is 0 Å². The van der Waals surface area contributed by atoms with Crippen molar-refractivity contribution in [2.45, 2.75) is 6.92 Å². The second kappa shape index (κ2) is 7.68. The second-order valence-corrected chi connectivity index (χ2v) is 8.68. The maximum absolute atomic E-state index is 5.74. The van der Waals surface area contributed by atoms with E-state index in [1.807, 2.05) is 23.6 Å². The van der Waals surface area contributed by atoms with Gasteiger partial charge < -0.3 is 9.47 Å². The van der Waals surface area contributed by atoms with Crippen LogP contribution in [0.1, 0.15) is 14.6 Å². The van der Waals surface area contributed by atoms with E-state index in [0.29, 0.717) is 0 Å². The predicted octanol–water partition coefficient (Wildman–Crippen LogP) is 6.59. The lowest BCUT2D eigenvalue weighted by molar-refractivity contribution is 0.416. The summed E-state index contributed by atoms with van der Waals surface area (Å²) in [6.45, 7) is 2.06. The van der Waals surface area contributed by atoms with Crippen molar-refractivity contribution in [2.24, 2.45) is 0 Å². The Labute approximate surface area is 178 Å². The van der Waals surface area contributed by atoms with Gasteiger partial charge in [0, 0.05) is 27.1 Å². The molecule has 0 spiro atoms. The quantitative estimate of drug-likeness (QED) is 0.351. The molecule has 0 atom stereocenters. The number of aryl methyl sites for hydroxylation is 1. The van der Waals surface area contributed by atoms with Crippen molar-refractivity contribution < 1.29 is 9.47 Å². The minimum Gasteiger partial charge on any atom is -0.496 e. The predicted molar refractivity (Wildman–Crippen MR) is 124 cm³/mol. The Balaban J connectivity index is 1.98. The number of ether oxygens (including phenoxy) is 2. The summed E-state index contributed by atoms with van der Waals surface area (Å²) in [7, 11) is 3.36. The van der Waals surface area contributed by atoms with E-state index < -0.39 is 0 Å². The lowest BCUT2D eigenvalue weighted by atomic mass is 9.96. The van der Waals surface area contributed by atoms with Gasteiger partial charge in [0.2, 0.25) is 0 Å². The Morgan fingerprint density at radius 1 is 0.759 bits per heavy atom. The number of hydrogen-bond donors (Lipinski definition) is 0. The molecule has 0 aliphatic rings. The first-order valence-corrected chi connectivity index (χ1v) is 10.6. The Morgan fingerprint density at radius 3 is 1.90 bits per heavy atom. The third-order valence-electron chi connectivity index (χ3n) is 4.84. The number of methoxy groups -OCH3 is 2. The molecular formula is C25H18O2S2. The van der Waals surface area contributed by atoms with Crippen LogP contribution in [0.4, 0.5) is 0 Å². The summed E-state index contributed by atoms with van der Waals surface area (Å²) in [4.78, 5) is 2.96. The summed E-state index contributed by atoms with van der Waals surface area (Å²) in [6, 6.07) is 12.4. The van der Waals surface area contributed by atoms with Crippen molar-refractivity contribution in [3.05, 3.63) is 56.4 Å². The minimum absolute atomic E-state index is 0.780. The van der Waals surface area contributed by atoms with E-state index in [4.69, 9.17) is 22.3 Å². The van der Waals surface area contributed by atoms with Gasteiger partial charge in [-0.1, -0.05) is 11.8 Å². The van der Waals surface area contributed by atoms with Gasteiger partial charge in [-0.2, -0.15) is 0 Å². The molecule has 0 saturated carbocycles. The molecule has 142 valence electrons. The van der Waals surface area contributed by atoms with E-state index in [9.17, 15) is 0 Å². The zero-order valence-electron chi connectivity index (χ0n) is 16.3. The molecule has 29 heavy (non-hydrogen) atoms. The van der Waals surface area contributed by atoms with Gasteiger partial charge in [-0.05, 0) is 59.5 Å². The molecular weight excluding hydrogens is 396 g/mol. The van der Waals surface area contributed by atoms with Crippen molar-refractivity contribution in [2.75, 3.05) is 14.2 Å². The first-order chi connectivity index (χ1) is 14.1. The topological polar surface area (TPSA) is 18.5 Å². The molecule has 0 fully saturated rings. The fourth-order valence-corrected chi connectivity index (χ4v) is 5.07. The third kappa shape index (κ3) is 3.28. The fraction of sp³-hybridized carbons (Fsp3) is 0.120. The summed E-state index contributed by atoms with van der Waals surface area (Å²) < 4.78 is 11.4. The third-order valence-corrected chi connectivity index (χ3v) is 6.67. The summed E-state index contributed by atoms with van der Waals surface area (Å²) in [5, 5.41) is 4.09. The van der Waals surface area contributed by atoms with Crippen LogP contribution in [-0.2, 0) is 0 Å². The number of terminal acetylenes is 2. The molecule has 2 aromatic heterocycles. The minimum atomic E-state index is 0.780. The summed E-state index contributed by atoms with van der Waals surface area (Å²) in [5.41, 5.74) is 3.97. The maximum Gasteiger partial charge on any atom is 0.127 e. The molecule has 4 rings (SSSR count). The number of benzene rings is 2. The molecule has 0 aliphatic heterocycles. The van der Waals surface area contributed by atoms with E-state index in [1.165, 1.54) is 4.88 Å². The van der Waals surface area contributed by atoms with Crippen molar-refractivity contribution in [3.63, 3.8) is 0 Å². The SMILES string of the molecule is C#Cc1sccc1-c1cc2cc(OC)c(-c3cc(C)sc3C#C)cc2cc1OC. The van der Waals surface area contributed by atoms with Crippen molar-refractivity contribution in [3.8, 4) is 58.4 Å². The first-order valence-electron chi connectivity index (χ1n) is 8.91. The lowest BCUT2D eigenvalue weighted by Crippen LogP contribution is -1.92. The standard InChI is InChI=1S/C25H18O2S2/c1-6-24-18(8-9-28-24)19-11-16-14-23(27-5)20(12-17(16)13-22(19)26-4)21-10-15(3)29-25(21)7-2/h1-2,8-14H,3-5H3. The van der Waals surface area contributed by atoms with E-state index >= 15 is 0 Å². The molecule has 0 saturated heterocycles. The van der Waals surface area contributed by atoms with Gasteiger partial charge in [-0.25, -0.2) is 0 Å². The van der Waals surface area contributed by atoms with Gasteiger partial charge in [0.05, 0.1) is 24.0 Å². The summed E-state index contributed by atoms with van der Waals surface area (Å²) >= 11 is 3.16. The van der Waals surface area contributed by atoms with E-state index in [2.05, 4.69) is 37.0 Å². The van der Waals surface area contributed by atoms with Gasteiger partial charge in [0.1, 0.15) is 11.5 Å².